The summed E-state index contributed by atoms with van der Waals surface area (Å²) in [5.41, 5.74) is 3.28. The number of aryl methyl sites for hydroxylation is 1. The van der Waals surface area contributed by atoms with Crippen LogP contribution in [0.2, 0.25) is 0 Å². The highest BCUT2D eigenvalue weighted by atomic mass is 19.1. The molecule has 0 radical (unpaired) electrons. The third kappa shape index (κ3) is 3.61. The Hall–Kier alpha value is -2.43. The van der Waals surface area contributed by atoms with E-state index in [9.17, 15) is 9.18 Å². The Bertz CT molecular complexity index is 700. The molecule has 0 aliphatic heterocycles. The SMILES string of the molecule is Cc1nn(-c2ccc(F)cc2)c(C)c1/C=C/C(=O)OC(C)C. The number of carbonyl (C=O) groups is 1. The fourth-order valence-electron chi connectivity index (χ4n) is 2.15. The molecule has 1 aromatic carbocycles. The first-order valence-electron chi connectivity index (χ1n) is 7.09. The van der Waals surface area contributed by atoms with Crippen molar-refractivity contribution in [1.82, 2.24) is 9.78 Å². The fourth-order valence-corrected chi connectivity index (χ4v) is 2.15. The van der Waals surface area contributed by atoms with E-state index >= 15 is 0 Å². The number of hydrogen-bond donors (Lipinski definition) is 0. The summed E-state index contributed by atoms with van der Waals surface area (Å²) in [5.74, 6) is -0.676. The van der Waals surface area contributed by atoms with Gasteiger partial charge in [-0.25, -0.2) is 13.9 Å². The molecule has 22 heavy (non-hydrogen) atoms. The summed E-state index contributed by atoms with van der Waals surface area (Å²) in [6.07, 6.45) is 2.94. The van der Waals surface area contributed by atoms with Gasteiger partial charge < -0.3 is 4.74 Å². The molecule has 0 saturated carbocycles. The molecule has 0 unspecified atom stereocenters. The van der Waals surface area contributed by atoms with E-state index < -0.39 is 0 Å². The van der Waals surface area contributed by atoms with Gasteiger partial charge in [-0.3, -0.25) is 0 Å². The van der Waals surface area contributed by atoms with Crippen LogP contribution in [0.4, 0.5) is 4.39 Å². The minimum atomic E-state index is -0.386. The Kier molecular flexibility index (Phi) is 4.75. The number of rotatable bonds is 4. The average molecular weight is 302 g/mol. The Morgan fingerprint density at radius 2 is 1.91 bits per heavy atom. The lowest BCUT2D eigenvalue weighted by molar-refractivity contribution is -0.141. The molecule has 5 heteroatoms. The van der Waals surface area contributed by atoms with Gasteiger partial charge in [-0.1, -0.05) is 0 Å². The molecule has 1 aromatic heterocycles. The molecule has 2 rings (SSSR count). The topological polar surface area (TPSA) is 44.1 Å². The summed E-state index contributed by atoms with van der Waals surface area (Å²) in [6.45, 7) is 7.36. The number of halogens is 1. The normalized spacial score (nSPS) is 11.4. The van der Waals surface area contributed by atoms with Crippen molar-refractivity contribution in [3.05, 3.63) is 53.1 Å². The molecule has 0 fully saturated rings. The molecule has 0 spiro atoms. The van der Waals surface area contributed by atoms with Crippen LogP contribution in [0.15, 0.2) is 30.3 Å². The number of ether oxygens (including phenoxy) is 1. The van der Waals surface area contributed by atoms with E-state index in [1.165, 1.54) is 18.2 Å². The van der Waals surface area contributed by atoms with Crippen LogP contribution in [0.1, 0.15) is 30.8 Å². The first-order chi connectivity index (χ1) is 10.4. The zero-order valence-corrected chi connectivity index (χ0v) is 13.1. The maximum absolute atomic E-state index is 13.0. The quantitative estimate of drug-likeness (QED) is 0.640. The highest BCUT2D eigenvalue weighted by molar-refractivity contribution is 5.87. The van der Waals surface area contributed by atoms with Crippen LogP contribution in [0.5, 0.6) is 0 Å². The van der Waals surface area contributed by atoms with Crippen molar-refractivity contribution in [3.8, 4) is 5.69 Å². The second-order valence-electron chi connectivity index (χ2n) is 5.29. The largest absolute Gasteiger partial charge is 0.460 e. The smallest absolute Gasteiger partial charge is 0.331 e. The van der Waals surface area contributed by atoms with E-state index in [-0.39, 0.29) is 17.9 Å². The van der Waals surface area contributed by atoms with Gasteiger partial charge in [0.15, 0.2) is 0 Å². The van der Waals surface area contributed by atoms with Gasteiger partial charge in [0, 0.05) is 17.3 Å². The predicted octanol–water partition coefficient (Wildman–Crippen LogP) is 3.59. The minimum Gasteiger partial charge on any atom is -0.460 e. The number of carbonyl (C=O) groups excluding carboxylic acids is 1. The van der Waals surface area contributed by atoms with Gasteiger partial charge in [0.25, 0.3) is 0 Å². The first-order valence-corrected chi connectivity index (χ1v) is 7.09. The van der Waals surface area contributed by atoms with Gasteiger partial charge in [-0.15, -0.1) is 0 Å². The van der Waals surface area contributed by atoms with Crippen LogP contribution in [0.25, 0.3) is 11.8 Å². The van der Waals surface area contributed by atoms with Gasteiger partial charge >= 0.3 is 5.97 Å². The lowest BCUT2D eigenvalue weighted by Gasteiger charge is -2.05. The van der Waals surface area contributed by atoms with Crippen LogP contribution >= 0.6 is 0 Å². The van der Waals surface area contributed by atoms with Crippen molar-refractivity contribution in [2.24, 2.45) is 0 Å². The fraction of sp³-hybridized carbons (Fsp3) is 0.294. The van der Waals surface area contributed by atoms with Gasteiger partial charge in [-0.2, -0.15) is 5.10 Å². The zero-order chi connectivity index (χ0) is 16.3. The first kappa shape index (κ1) is 15.9. The van der Waals surface area contributed by atoms with E-state index in [0.29, 0.717) is 0 Å². The number of esters is 1. The summed E-state index contributed by atoms with van der Waals surface area (Å²) in [6, 6.07) is 6.10. The van der Waals surface area contributed by atoms with E-state index in [0.717, 1.165) is 22.6 Å². The monoisotopic (exact) mass is 302 g/mol. The van der Waals surface area contributed by atoms with Crippen molar-refractivity contribution in [3.63, 3.8) is 0 Å². The highest BCUT2D eigenvalue weighted by Gasteiger charge is 2.11. The summed E-state index contributed by atoms with van der Waals surface area (Å²) in [7, 11) is 0. The number of benzene rings is 1. The van der Waals surface area contributed by atoms with Crippen LogP contribution in [-0.4, -0.2) is 21.9 Å². The molecule has 2 aromatic rings. The summed E-state index contributed by atoms with van der Waals surface area (Å²) in [4.78, 5) is 11.6. The molecule has 116 valence electrons. The maximum atomic E-state index is 13.0. The Balaban J connectivity index is 2.29. The molecule has 4 nitrogen and oxygen atoms in total. The van der Waals surface area contributed by atoms with E-state index in [2.05, 4.69) is 5.10 Å². The molecule has 0 saturated heterocycles. The van der Waals surface area contributed by atoms with Gasteiger partial charge in [0.05, 0.1) is 17.5 Å². The second-order valence-corrected chi connectivity index (χ2v) is 5.29. The molecule has 0 amide bonds. The highest BCUT2D eigenvalue weighted by Crippen LogP contribution is 2.19. The lowest BCUT2D eigenvalue weighted by Crippen LogP contribution is -2.08. The molecular weight excluding hydrogens is 283 g/mol. The number of nitrogens with zero attached hydrogens (tertiary/aromatic N) is 2. The van der Waals surface area contributed by atoms with E-state index in [1.807, 2.05) is 13.8 Å². The molecular formula is C17H19FN2O2. The molecule has 0 N–H and O–H groups in total. The van der Waals surface area contributed by atoms with Gasteiger partial charge in [-0.05, 0) is 58.0 Å². The Morgan fingerprint density at radius 1 is 1.27 bits per heavy atom. The predicted molar refractivity (Wildman–Crippen MR) is 83.3 cm³/mol. The molecule has 0 aliphatic carbocycles. The maximum Gasteiger partial charge on any atom is 0.331 e. The lowest BCUT2D eigenvalue weighted by atomic mass is 10.2. The number of aromatic nitrogens is 2. The molecule has 1 heterocycles. The second kappa shape index (κ2) is 6.56. The average Bonchev–Trinajstić information content (AvgIpc) is 2.72. The van der Waals surface area contributed by atoms with Gasteiger partial charge in [0.2, 0.25) is 0 Å². The van der Waals surface area contributed by atoms with E-state index in [1.54, 1.807) is 36.7 Å². The summed E-state index contributed by atoms with van der Waals surface area (Å²) >= 11 is 0. The molecule has 0 aliphatic rings. The number of hydrogen-bond acceptors (Lipinski definition) is 3. The van der Waals surface area contributed by atoms with Gasteiger partial charge in [0.1, 0.15) is 5.82 Å². The van der Waals surface area contributed by atoms with Crippen molar-refractivity contribution in [2.75, 3.05) is 0 Å². The minimum absolute atomic E-state index is 0.152. The molecule has 0 atom stereocenters. The van der Waals surface area contributed by atoms with Crippen LogP contribution < -0.4 is 0 Å². The Labute approximate surface area is 129 Å². The Morgan fingerprint density at radius 3 is 2.50 bits per heavy atom. The summed E-state index contributed by atoms with van der Waals surface area (Å²) < 4.78 is 19.8. The van der Waals surface area contributed by atoms with Crippen molar-refractivity contribution >= 4 is 12.0 Å². The van der Waals surface area contributed by atoms with E-state index in [4.69, 9.17) is 4.74 Å². The van der Waals surface area contributed by atoms with Crippen LogP contribution in [-0.2, 0) is 9.53 Å². The molecule has 0 bridgehead atoms. The van der Waals surface area contributed by atoms with Crippen molar-refractivity contribution < 1.29 is 13.9 Å². The van der Waals surface area contributed by atoms with Crippen LogP contribution in [0.3, 0.4) is 0 Å². The summed E-state index contributed by atoms with van der Waals surface area (Å²) in [5, 5.41) is 4.44. The third-order valence-corrected chi connectivity index (χ3v) is 3.16. The zero-order valence-electron chi connectivity index (χ0n) is 13.1. The van der Waals surface area contributed by atoms with Crippen molar-refractivity contribution in [1.29, 1.82) is 0 Å². The van der Waals surface area contributed by atoms with Crippen molar-refractivity contribution in [2.45, 2.75) is 33.8 Å². The standard InChI is InChI=1S/C17H19FN2O2/c1-11(2)22-17(21)10-9-16-12(3)19-20(13(16)4)15-7-5-14(18)6-8-15/h5-11H,1-4H3/b10-9+. The van der Waals surface area contributed by atoms with Crippen LogP contribution in [0, 0.1) is 19.7 Å². The third-order valence-electron chi connectivity index (χ3n) is 3.16.